The SMILES string of the molecule is O=C(COC(=O)Oc1ccccc1)OOC(=O)Oc1ccccc1. The van der Waals surface area contributed by atoms with Gasteiger partial charge in [0.1, 0.15) is 11.5 Å². The highest BCUT2D eigenvalue weighted by atomic mass is 17.2. The molecule has 0 aromatic heterocycles. The monoisotopic (exact) mass is 332 g/mol. The zero-order valence-corrected chi connectivity index (χ0v) is 12.2. The molecule has 0 aliphatic heterocycles. The zero-order valence-electron chi connectivity index (χ0n) is 12.2. The van der Waals surface area contributed by atoms with Gasteiger partial charge in [-0.2, -0.15) is 4.79 Å². The quantitative estimate of drug-likeness (QED) is 0.365. The molecule has 0 aliphatic rings. The van der Waals surface area contributed by atoms with Crippen LogP contribution < -0.4 is 9.47 Å². The van der Waals surface area contributed by atoms with Crippen molar-refractivity contribution in [3.63, 3.8) is 0 Å². The van der Waals surface area contributed by atoms with E-state index in [-0.39, 0.29) is 11.5 Å². The third kappa shape index (κ3) is 6.06. The van der Waals surface area contributed by atoms with Gasteiger partial charge in [-0.1, -0.05) is 36.4 Å². The van der Waals surface area contributed by atoms with E-state index in [0.29, 0.717) is 0 Å². The fourth-order valence-electron chi connectivity index (χ4n) is 1.44. The van der Waals surface area contributed by atoms with Gasteiger partial charge in [0.05, 0.1) is 0 Å². The fourth-order valence-corrected chi connectivity index (χ4v) is 1.44. The molecular weight excluding hydrogens is 320 g/mol. The lowest BCUT2D eigenvalue weighted by Gasteiger charge is -2.05. The van der Waals surface area contributed by atoms with Gasteiger partial charge in [-0.15, -0.1) is 0 Å². The second-order valence-corrected chi connectivity index (χ2v) is 4.16. The fraction of sp³-hybridized carbons (Fsp3) is 0.0625. The number of benzene rings is 2. The van der Waals surface area contributed by atoms with E-state index in [1.807, 2.05) is 0 Å². The van der Waals surface area contributed by atoms with Crippen LogP contribution in [0, 0.1) is 0 Å². The van der Waals surface area contributed by atoms with Crippen LogP contribution in [0.3, 0.4) is 0 Å². The third-order valence-corrected chi connectivity index (χ3v) is 2.40. The zero-order chi connectivity index (χ0) is 17.2. The van der Waals surface area contributed by atoms with E-state index >= 15 is 0 Å². The minimum absolute atomic E-state index is 0.209. The molecule has 0 N–H and O–H groups in total. The van der Waals surface area contributed by atoms with Crippen molar-refractivity contribution in [2.45, 2.75) is 0 Å². The third-order valence-electron chi connectivity index (χ3n) is 2.40. The molecule has 0 amide bonds. The Balaban J connectivity index is 1.64. The Hall–Kier alpha value is -3.55. The number of hydrogen-bond acceptors (Lipinski definition) is 8. The van der Waals surface area contributed by atoms with Crippen molar-refractivity contribution in [2.24, 2.45) is 0 Å². The van der Waals surface area contributed by atoms with Gasteiger partial charge < -0.3 is 14.2 Å². The summed E-state index contributed by atoms with van der Waals surface area (Å²) in [7, 11) is 0. The maximum atomic E-state index is 11.3. The molecule has 0 saturated heterocycles. The highest BCUT2D eigenvalue weighted by Gasteiger charge is 2.15. The molecular formula is C16H12O8. The van der Waals surface area contributed by atoms with Gasteiger partial charge in [0.25, 0.3) is 0 Å². The van der Waals surface area contributed by atoms with E-state index in [2.05, 4.69) is 14.5 Å². The summed E-state index contributed by atoms with van der Waals surface area (Å²) in [5, 5.41) is 0. The molecule has 2 aromatic rings. The maximum Gasteiger partial charge on any atom is 0.555 e. The van der Waals surface area contributed by atoms with Crippen molar-refractivity contribution in [2.75, 3.05) is 6.61 Å². The first kappa shape index (κ1) is 16.8. The second-order valence-electron chi connectivity index (χ2n) is 4.16. The lowest BCUT2D eigenvalue weighted by Crippen LogP contribution is -2.21. The number of carbonyl (C=O) groups is 3. The summed E-state index contributed by atoms with van der Waals surface area (Å²) in [4.78, 5) is 42.1. The van der Waals surface area contributed by atoms with Crippen LogP contribution in [-0.2, 0) is 19.3 Å². The van der Waals surface area contributed by atoms with Crippen molar-refractivity contribution in [3.05, 3.63) is 60.7 Å². The Morgan fingerprint density at radius 3 is 1.71 bits per heavy atom. The van der Waals surface area contributed by atoms with Crippen LogP contribution in [-0.4, -0.2) is 24.9 Å². The average molecular weight is 332 g/mol. The van der Waals surface area contributed by atoms with E-state index in [0.717, 1.165) is 0 Å². The maximum absolute atomic E-state index is 11.3. The van der Waals surface area contributed by atoms with Crippen molar-refractivity contribution >= 4 is 18.3 Å². The van der Waals surface area contributed by atoms with Crippen LogP contribution >= 0.6 is 0 Å². The van der Waals surface area contributed by atoms with E-state index < -0.39 is 24.9 Å². The minimum atomic E-state index is -1.25. The molecule has 0 spiro atoms. The topological polar surface area (TPSA) is 97.4 Å². The van der Waals surface area contributed by atoms with Crippen molar-refractivity contribution < 1.29 is 38.4 Å². The lowest BCUT2D eigenvalue weighted by molar-refractivity contribution is -0.241. The van der Waals surface area contributed by atoms with Crippen LogP contribution in [0.5, 0.6) is 11.5 Å². The molecule has 2 aromatic carbocycles. The Labute approximate surface area is 136 Å². The van der Waals surface area contributed by atoms with Gasteiger partial charge in [0, 0.05) is 0 Å². The van der Waals surface area contributed by atoms with Crippen LogP contribution in [0.25, 0.3) is 0 Å². The molecule has 0 radical (unpaired) electrons. The van der Waals surface area contributed by atoms with E-state index in [4.69, 9.17) is 9.47 Å². The summed E-state index contributed by atoms with van der Waals surface area (Å²) < 4.78 is 14.0. The summed E-state index contributed by atoms with van der Waals surface area (Å²) in [6, 6.07) is 16.1. The molecule has 2 rings (SSSR count). The highest BCUT2D eigenvalue weighted by molar-refractivity contribution is 5.75. The van der Waals surface area contributed by atoms with Gasteiger partial charge in [0.15, 0.2) is 6.61 Å². The average Bonchev–Trinajstić information content (AvgIpc) is 2.60. The van der Waals surface area contributed by atoms with Gasteiger partial charge in [-0.3, -0.25) is 0 Å². The molecule has 0 unspecified atom stereocenters. The molecule has 8 nitrogen and oxygen atoms in total. The van der Waals surface area contributed by atoms with Crippen LogP contribution in [0.15, 0.2) is 60.7 Å². The molecule has 0 aliphatic carbocycles. The molecule has 124 valence electrons. The first-order valence-electron chi connectivity index (χ1n) is 6.67. The van der Waals surface area contributed by atoms with E-state index in [1.165, 1.54) is 24.3 Å². The lowest BCUT2D eigenvalue weighted by atomic mass is 10.3. The summed E-state index contributed by atoms with van der Waals surface area (Å²) in [6.07, 6.45) is -2.36. The summed E-state index contributed by atoms with van der Waals surface area (Å²) in [6.45, 7) is -0.801. The predicted molar refractivity (Wildman–Crippen MR) is 78.1 cm³/mol. The largest absolute Gasteiger partial charge is 0.555 e. The number of hydrogen-bond donors (Lipinski definition) is 0. The Morgan fingerprint density at radius 1 is 0.667 bits per heavy atom. The molecule has 0 bridgehead atoms. The summed E-state index contributed by atoms with van der Waals surface area (Å²) in [5.74, 6) is -0.662. The first-order valence-corrected chi connectivity index (χ1v) is 6.67. The molecule has 0 atom stereocenters. The minimum Gasteiger partial charge on any atom is -0.422 e. The molecule has 24 heavy (non-hydrogen) atoms. The molecule has 0 heterocycles. The smallest absolute Gasteiger partial charge is 0.422 e. The van der Waals surface area contributed by atoms with Crippen molar-refractivity contribution in [1.29, 1.82) is 0 Å². The summed E-state index contributed by atoms with van der Waals surface area (Å²) >= 11 is 0. The van der Waals surface area contributed by atoms with Crippen LogP contribution in [0.1, 0.15) is 0 Å². The molecule has 8 heteroatoms. The Kier molecular flexibility index (Phi) is 6.16. The standard InChI is InChI=1S/C16H12O8/c17-14(11-20-15(18)21-12-7-3-1-4-8-12)23-24-16(19)22-13-9-5-2-6-10-13/h1-10H,11H2. The van der Waals surface area contributed by atoms with Gasteiger partial charge in [-0.05, 0) is 24.3 Å². The highest BCUT2D eigenvalue weighted by Crippen LogP contribution is 2.10. The summed E-state index contributed by atoms with van der Waals surface area (Å²) in [5.41, 5.74) is 0. The van der Waals surface area contributed by atoms with Crippen molar-refractivity contribution in [1.82, 2.24) is 0 Å². The Bertz CT molecular complexity index is 624. The van der Waals surface area contributed by atoms with Gasteiger partial charge >= 0.3 is 18.3 Å². The van der Waals surface area contributed by atoms with Gasteiger partial charge in [-0.25, -0.2) is 19.4 Å². The number of ether oxygens (including phenoxy) is 3. The number of carbonyl (C=O) groups excluding carboxylic acids is 3. The van der Waals surface area contributed by atoms with E-state index in [9.17, 15) is 14.4 Å². The second kappa shape index (κ2) is 8.79. The van der Waals surface area contributed by atoms with Gasteiger partial charge in [0.2, 0.25) is 0 Å². The predicted octanol–water partition coefficient (Wildman–Crippen LogP) is 2.88. The molecule has 0 saturated carbocycles. The first-order chi connectivity index (χ1) is 11.6. The Morgan fingerprint density at radius 2 is 1.17 bits per heavy atom. The van der Waals surface area contributed by atoms with Crippen LogP contribution in [0.4, 0.5) is 9.59 Å². The van der Waals surface area contributed by atoms with E-state index in [1.54, 1.807) is 36.4 Å². The number of para-hydroxylation sites is 2. The van der Waals surface area contributed by atoms with Crippen molar-refractivity contribution in [3.8, 4) is 11.5 Å². The van der Waals surface area contributed by atoms with Crippen LogP contribution in [0.2, 0.25) is 0 Å². The molecule has 0 fully saturated rings. The normalized spacial score (nSPS) is 9.50. The number of rotatable bonds is 4.